The molecule has 0 saturated heterocycles. The molecule has 83 valence electrons. The highest BCUT2D eigenvalue weighted by atomic mass is 16.7. The lowest BCUT2D eigenvalue weighted by atomic mass is 10.3. The molecule has 1 aromatic heterocycles. The van der Waals surface area contributed by atoms with Crippen molar-refractivity contribution >= 4 is 0 Å². The number of nitrogens with one attached hydrogen (secondary N) is 1. The normalized spacial score (nSPS) is 11.7. The van der Waals surface area contributed by atoms with Crippen LogP contribution in [0.5, 0.6) is 0 Å². The molecule has 1 aromatic rings. The van der Waals surface area contributed by atoms with Gasteiger partial charge in [0.15, 0.2) is 5.79 Å². The molecule has 1 rings (SSSR count). The minimum Gasteiger partial charge on any atom is -0.352 e. The highest BCUT2D eigenvalue weighted by molar-refractivity contribution is 4.76. The van der Waals surface area contributed by atoms with Crippen LogP contribution in [0.2, 0.25) is 0 Å². The van der Waals surface area contributed by atoms with Crippen molar-refractivity contribution < 1.29 is 9.47 Å². The maximum absolute atomic E-state index is 11.3. The summed E-state index contributed by atoms with van der Waals surface area (Å²) in [5.74, 6) is -0.990. The van der Waals surface area contributed by atoms with E-state index in [-0.39, 0.29) is 6.54 Å². The van der Waals surface area contributed by atoms with Gasteiger partial charge >= 0.3 is 11.1 Å². The van der Waals surface area contributed by atoms with Crippen molar-refractivity contribution in [2.75, 3.05) is 14.2 Å². The fourth-order valence-electron chi connectivity index (χ4n) is 0.959. The van der Waals surface area contributed by atoms with Crippen molar-refractivity contribution in [1.82, 2.24) is 14.8 Å². The Morgan fingerprint density at radius 2 is 2.07 bits per heavy atom. The van der Waals surface area contributed by atoms with Crippen LogP contribution in [0.25, 0.3) is 0 Å². The summed E-state index contributed by atoms with van der Waals surface area (Å²) in [6.45, 7) is 1.67. The number of methoxy groups -OCH3 is 2. The number of nitrogens with zero attached hydrogens (tertiary/aromatic N) is 2. The zero-order valence-corrected chi connectivity index (χ0v) is 8.73. The van der Waals surface area contributed by atoms with Gasteiger partial charge < -0.3 is 9.47 Å². The Hall–Kier alpha value is -1.47. The molecular formula is C8H12N3O4. The monoisotopic (exact) mass is 214 g/mol. The predicted molar refractivity (Wildman–Crippen MR) is 50.4 cm³/mol. The van der Waals surface area contributed by atoms with Crippen LogP contribution in [-0.4, -0.2) is 34.8 Å². The van der Waals surface area contributed by atoms with Gasteiger partial charge in [0, 0.05) is 14.2 Å². The van der Waals surface area contributed by atoms with Gasteiger partial charge in [-0.2, -0.15) is 5.10 Å². The Morgan fingerprint density at radius 1 is 1.47 bits per heavy atom. The van der Waals surface area contributed by atoms with Crippen LogP contribution in [0.4, 0.5) is 0 Å². The Kier molecular flexibility index (Phi) is 3.38. The van der Waals surface area contributed by atoms with Gasteiger partial charge in [0.2, 0.25) is 6.33 Å². The highest BCUT2D eigenvalue weighted by Gasteiger charge is 2.24. The highest BCUT2D eigenvalue weighted by Crippen LogP contribution is 2.10. The van der Waals surface area contributed by atoms with Crippen LogP contribution < -0.4 is 11.1 Å². The second-order valence-electron chi connectivity index (χ2n) is 3.09. The molecule has 0 atom stereocenters. The second-order valence-corrected chi connectivity index (χ2v) is 3.09. The first-order chi connectivity index (χ1) is 7.02. The van der Waals surface area contributed by atoms with Crippen molar-refractivity contribution in [3.05, 3.63) is 27.0 Å². The minimum absolute atomic E-state index is 0.0375. The van der Waals surface area contributed by atoms with E-state index in [1.807, 2.05) is 5.10 Å². The Labute approximate surface area is 85.6 Å². The number of hydrogen-bond acceptors (Lipinski definition) is 5. The smallest absolute Gasteiger partial charge is 0.330 e. The van der Waals surface area contributed by atoms with Crippen molar-refractivity contribution in [3.63, 3.8) is 0 Å². The lowest BCUT2D eigenvalue weighted by Gasteiger charge is -2.26. The fraction of sp³-hybridized carbons (Fsp3) is 0.625. The van der Waals surface area contributed by atoms with Crippen LogP contribution in [-0.2, 0) is 16.0 Å². The molecule has 7 heteroatoms. The average molecular weight is 214 g/mol. The van der Waals surface area contributed by atoms with E-state index >= 15 is 0 Å². The number of aromatic amines is 1. The molecule has 7 nitrogen and oxygen atoms in total. The molecule has 0 spiro atoms. The molecule has 0 saturated carbocycles. The van der Waals surface area contributed by atoms with Gasteiger partial charge in [-0.1, -0.05) is 0 Å². The molecule has 15 heavy (non-hydrogen) atoms. The third-order valence-electron chi connectivity index (χ3n) is 2.08. The molecule has 1 heterocycles. The SMILES string of the molecule is COC(C)(Cn1[c]n[nH]c(=O)c1=O)OC. The summed E-state index contributed by atoms with van der Waals surface area (Å²) in [6.07, 6.45) is 2.34. The standard InChI is InChI=1S/C8H12N3O4/c1-8(14-2,15-3)4-11-5-9-10-6(12)7(11)13/h4H2,1-3H3,(H,10,12). The van der Waals surface area contributed by atoms with E-state index in [9.17, 15) is 9.59 Å². The topological polar surface area (TPSA) is 86.2 Å². The van der Waals surface area contributed by atoms with Crippen LogP contribution >= 0.6 is 0 Å². The van der Waals surface area contributed by atoms with Crippen LogP contribution in [0, 0.1) is 6.33 Å². The van der Waals surface area contributed by atoms with E-state index in [0.29, 0.717) is 0 Å². The Bertz CT molecular complexity index is 432. The molecule has 0 unspecified atom stereocenters. The van der Waals surface area contributed by atoms with Crippen molar-refractivity contribution in [2.45, 2.75) is 19.3 Å². The quantitative estimate of drug-likeness (QED) is 0.499. The van der Waals surface area contributed by atoms with Crippen LogP contribution in [0.15, 0.2) is 9.59 Å². The summed E-state index contributed by atoms with van der Waals surface area (Å²) < 4.78 is 11.1. The minimum atomic E-state index is -0.990. The third kappa shape index (κ3) is 2.51. The second kappa shape index (κ2) is 4.37. The van der Waals surface area contributed by atoms with Gasteiger partial charge in [-0.15, -0.1) is 0 Å². The summed E-state index contributed by atoms with van der Waals surface area (Å²) in [7, 11) is 2.88. The number of ether oxygens (including phenoxy) is 2. The van der Waals surface area contributed by atoms with Crippen molar-refractivity contribution in [3.8, 4) is 0 Å². The largest absolute Gasteiger partial charge is 0.352 e. The summed E-state index contributed by atoms with van der Waals surface area (Å²) in [6, 6.07) is 0. The first kappa shape index (κ1) is 11.6. The molecule has 0 aliphatic rings. The zero-order valence-electron chi connectivity index (χ0n) is 8.73. The Morgan fingerprint density at radius 3 is 2.60 bits per heavy atom. The molecular weight excluding hydrogens is 202 g/mol. The van der Waals surface area contributed by atoms with Crippen molar-refractivity contribution in [1.29, 1.82) is 0 Å². The first-order valence-corrected chi connectivity index (χ1v) is 4.20. The van der Waals surface area contributed by atoms with Crippen LogP contribution in [0.3, 0.4) is 0 Å². The lowest BCUT2D eigenvalue weighted by molar-refractivity contribution is -0.202. The molecule has 0 bridgehead atoms. The molecule has 0 aromatic carbocycles. The van der Waals surface area contributed by atoms with Gasteiger partial charge in [-0.05, 0) is 6.92 Å². The Balaban J connectivity index is 3.05. The van der Waals surface area contributed by atoms with E-state index < -0.39 is 16.9 Å². The van der Waals surface area contributed by atoms with Gasteiger partial charge in [0.1, 0.15) is 0 Å². The fourth-order valence-corrected chi connectivity index (χ4v) is 0.959. The molecule has 0 amide bonds. The van der Waals surface area contributed by atoms with E-state index in [4.69, 9.17) is 9.47 Å². The van der Waals surface area contributed by atoms with E-state index in [1.54, 1.807) is 6.92 Å². The van der Waals surface area contributed by atoms with Gasteiger partial charge in [0.05, 0.1) is 6.54 Å². The summed E-state index contributed by atoms with van der Waals surface area (Å²) in [5.41, 5.74) is -1.55. The molecule has 1 radical (unpaired) electrons. The van der Waals surface area contributed by atoms with Gasteiger partial charge in [-0.3, -0.25) is 14.2 Å². The van der Waals surface area contributed by atoms with E-state index in [0.717, 1.165) is 4.57 Å². The van der Waals surface area contributed by atoms with Crippen molar-refractivity contribution in [2.24, 2.45) is 0 Å². The maximum Gasteiger partial charge on any atom is 0.330 e. The van der Waals surface area contributed by atoms with Gasteiger partial charge in [-0.25, -0.2) is 5.10 Å². The summed E-state index contributed by atoms with van der Waals surface area (Å²) in [4.78, 5) is 22.3. The zero-order chi connectivity index (χ0) is 11.5. The number of aromatic nitrogens is 3. The summed E-state index contributed by atoms with van der Waals surface area (Å²) in [5, 5.41) is 5.37. The number of H-pyrrole nitrogens is 1. The first-order valence-electron chi connectivity index (χ1n) is 4.20. The molecule has 0 fully saturated rings. The van der Waals surface area contributed by atoms with Gasteiger partial charge in [0.25, 0.3) is 0 Å². The number of hydrogen-bond donors (Lipinski definition) is 1. The van der Waals surface area contributed by atoms with E-state index in [2.05, 4.69) is 11.4 Å². The molecule has 0 aliphatic heterocycles. The molecule has 0 aliphatic carbocycles. The van der Waals surface area contributed by atoms with Crippen LogP contribution in [0.1, 0.15) is 6.92 Å². The third-order valence-corrected chi connectivity index (χ3v) is 2.08. The van der Waals surface area contributed by atoms with E-state index in [1.165, 1.54) is 14.2 Å². The number of rotatable bonds is 4. The summed E-state index contributed by atoms with van der Waals surface area (Å²) >= 11 is 0. The lowest BCUT2D eigenvalue weighted by Crippen LogP contribution is -2.44. The maximum atomic E-state index is 11.3. The predicted octanol–water partition coefficient (Wildman–Crippen LogP) is -1.26. The average Bonchev–Trinajstić information content (AvgIpc) is 2.25. The molecule has 1 N–H and O–H groups in total.